The van der Waals surface area contributed by atoms with E-state index in [1.807, 2.05) is 6.07 Å². The first-order chi connectivity index (χ1) is 6.72. The number of methoxy groups -OCH3 is 1. The Morgan fingerprint density at radius 1 is 1.43 bits per heavy atom. The molecule has 2 rings (SSSR count). The fraction of sp³-hybridized carbons (Fsp3) is 0.300. The third kappa shape index (κ3) is 1.55. The second kappa shape index (κ2) is 3.71. The summed E-state index contributed by atoms with van der Waals surface area (Å²) in [5.41, 5.74) is 1.62. The molecule has 0 unspecified atom stereocenters. The summed E-state index contributed by atoms with van der Waals surface area (Å²) in [7, 11) is 1.60. The predicted molar refractivity (Wildman–Crippen MR) is 54.7 cm³/mol. The van der Waals surface area contributed by atoms with E-state index in [0.29, 0.717) is 6.61 Å². The average Bonchev–Trinajstić information content (AvgIpc) is 2.19. The standard InChI is InChI=1S/C10H9BrO3/c1-13-10-2-6-4-14-5-9(12)7(6)3-8(10)11/h2-3H,4-5H2,1H3. The fourth-order valence-corrected chi connectivity index (χ4v) is 1.97. The Morgan fingerprint density at radius 2 is 2.21 bits per heavy atom. The van der Waals surface area contributed by atoms with Crippen LogP contribution in [-0.2, 0) is 11.3 Å². The monoisotopic (exact) mass is 256 g/mol. The smallest absolute Gasteiger partial charge is 0.188 e. The highest BCUT2D eigenvalue weighted by atomic mass is 79.9. The van der Waals surface area contributed by atoms with Gasteiger partial charge in [-0.15, -0.1) is 0 Å². The Balaban J connectivity index is 2.54. The van der Waals surface area contributed by atoms with E-state index >= 15 is 0 Å². The fourth-order valence-electron chi connectivity index (χ4n) is 1.46. The van der Waals surface area contributed by atoms with Crippen LogP contribution in [0.15, 0.2) is 16.6 Å². The van der Waals surface area contributed by atoms with E-state index in [2.05, 4.69) is 15.9 Å². The second-order valence-electron chi connectivity index (χ2n) is 3.06. The van der Waals surface area contributed by atoms with Gasteiger partial charge in [0.25, 0.3) is 0 Å². The lowest BCUT2D eigenvalue weighted by Gasteiger charge is -2.16. The van der Waals surface area contributed by atoms with E-state index in [4.69, 9.17) is 9.47 Å². The van der Waals surface area contributed by atoms with E-state index in [1.54, 1.807) is 13.2 Å². The molecule has 0 saturated carbocycles. The summed E-state index contributed by atoms with van der Waals surface area (Å²) in [6, 6.07) is 3.62. The summed E-state index contributed by atoms with van der Waals surface area (Å²) in [5, 5.41) is 0. The summed E-state index contributed by atoms with van der Waals surface area (Å²) >= 11 is 3.34. The molecule has 1 aliphatic rings. The van der Waals surface area contributed by atoms with Crippen LogP contribution < -0.4 is 4.74 Å². The van der Waals surface area contributed by atoms with Crippen molar-refractivity contribution in [2.75, 3.05) is 13.7 Å². The Bertz CT molecular complexity index is 387. The Morgan fingerprint density at radius 3 is 2.93 bits per heavy atom. The zero-order valence-electron chi connectivity index (χ0n) is 7.67. The van der Waals surface area contributed by atoms with E-state index in [0.717, 1.165) is 21.3 Å². The minimum atomic E-state index is 0.0228. The lowest BCUT2D eigenvalue weighted by atomic mass is 10.0. The van der Waals surface area contributed by atoms with E-state index < -0.39 is 0 Å². The van der Waals surface area contributed by atoms with Crippen LogP contribution in [-0.4, -0.2) is 19.5 Å². The van der Waals surface area contributed by atoms with Gasteiger partial charge in [0, 0.05) is 5.56 Å². The highest BCUT2D eigenvalue weighted by molar-refractivity contribution is 9.10. The van der Waals surface area contributed by atoms with Crippen molar-refractivity contribution in [1.29, 1.82) is 0 Å². The summed E-state index contributed by atoms with van der Waals surface area (Å²) in [6.07, 6.45) is 0. The van der Waals surface area contributed by atoms with Crippen LogP contribution in [0.3, 0.4) is 0 Å². The van der Waals surface area contributed by atoms with Crippen LogP contribution in [0.4, 0.5) is 0 Å². The maximum absolute atomic E-state index is 11.5. The summed E-state index contributed by atoms with van der Waals surface area (Å²) in [5.74, 6) is 0.747. The van der Waals surface area contributed by atoms with Gasteiger partial charge in [0.15, 0.2) is 5.78 Å². The average molecular weight is 257 g/mol. The molecule has 0 saturated heterocycles. The van der Waals surface area contributed by atoms with Crippen molar-refractivity contribution >= 4 is 21.7 Å². The number of fused-ring (bicyclic) bond motifs is 1. The highest BCUT2D eigenvalue weighted by Gasteiger charge is 2.19. The summed E-state index contributed by atoms with van der Waals surface area (Å²) in [4.78, 5) is 11.5. The largest absolute Gasteiger partial charge is 0.496 e. The molecular formula is C10H9BrO3. The Hall–Kier alpha value is -0.870. The predicted octanol–water partition coefficient (Wildman–Crippen LogP) is 2.17. The minimum Gasteiger partial charge on any atom is -0.496 e. The Labute approximate surface area is 90.1 Å². The van der Waals surface area contributed by atoms with E-state index in [-0.39, 0.29) is 12.4 Å². The maximum atomic E-state index is 11.5. The molecule has 0 N–H and O–H groups in total. The molecule has 0 aliphatic carbocycles. The number of halogens is 1. The molecule has 0 radical (unpaired) electrons. The van der Waals surface area contributed by atoms with E-state index in [1.165, 1.54) is 0 Å². The minimum absolute atomic E-state index is 0.0228. The van der Waals surface area contributed by atoms with Crippen LogP contribution in [0.5, 0.6) is 5.75 Å². The zero-order chi connectivity index (χ0) is 10.1. The summed E-state index contributed by atoms with van der Waals surface area (Å²) in [6.45, 7) is 0.649. The van der Waals surface area contributed by atoms with Gasteiger partial charge < -0.3 is 9.47 Å². The van der Waals surface area contributed by atoms with Gasteiger partial charge in [-0.1, -0.05) is 0 Å². The molecule has 1 aromatic carbocycles. The number of ketones is 1. The van der Waals surface area contributed by atoms with Crippen LogP contribution in [0.2, 0.25) is 0 Å². The number of Topliss-reactive ketones (excluding diaryl/α,β-unsaturated/α-hetero) is 1. The highest BCUT2D eigenvalue weighted by Crippen LogP contribution is 2.30. The number of hydrogen-bond acceptors (Lipinski definition) is 3. The van der Waals surface area contributed by atoms with Crippen molar-refractivity contribution < 1.29 is 14.3 Å². The maximum Gasteiger partial charge on any atom is 0.188 e. The van der Waals surface area contributed by atoms with Gasteiger partial charge in [-0.3, -0.25) is 4.79 Å². The number of carbonyl (C=O) groups is 1. The quantitative estimate of drug-likeness (QED) is 0.773. The molecule has 1 aromatic rings. The van der Waals surface area contributed by atoms with Gasteiger partial charge >= 0.3 is 0 Å². The molecule has 0 amide bonds. The molecular weight excluding hydrogens is 248 g/mol. The molecule has 3 nitrogen and oxygen atoms in total. The number of carbonyl (C=O) groups excluding carboxylic acids is 1. The first-order valence-corrected chi connectivity index (χ1v) is 4.99. The van der Waals surface area contributed by atoms with Gasteiger partial charge in [-0.05, 0) is 33.6 Å². The van der Waals surface area contributed by atoms with Crippen LogP contribution in [0.1, 0.15) is 15.9 Å². The summed E-state index contributed by atoms with van der Waals surface area (Å²) < 4.78 is 11.1. The van der Waals surface area contributed by atoms with Gasteiger partial charge in [-0.25, -0.2) is 0 Å². The first-order valence-electron chi connectivity index (χ1n) is 4.19. The van der Waals surface area contributed by atoms with Crippen LogP contribution in [0, 0.1) is 0 Å². The van der Waals surface area contributed by atoms with Gasteiger partial charge in [0.2, 0.25) is 0 Å². The topological polar surface area (TPSA) is 35.5 Å². The lowest BCUT2D eigenvalue weighted by molar-refractivity contribution is 0.0665. The number of benzene rings is 1. The third-order valence-electron chi connectivity index (χ3n) is 2.17. The molecule has 1 heterocycles. The van der Waals surface area contributed by atoms with Crippen LogP contribution >= 0.6 is 15.9 Å². The van der Waals surface area contributed by atoms with Gasteiger partial charge in [0.05, 0.1) is 18.2 Å². The van der Waals surface area contributed by atoms with Crippen molar-refractivity contribution in [3.63, 3.8) is 0 Å². The number of rotatable bonds is 1. The number of ether oxygens (including phenoxy) is 2. The normalized spacial score (nSPS) is 15.1. The van der Waals surface area contributed by atoms with Crippen LogP contribution in [0.25, 0.3) is 0 Å². The van der Waals surface area contributed by atoms with Gasteiger partial charge in [-0.2, -0.15) is 0 Å². The van der Waals surface area contributed by atoms with Crippen molar-refractivity contribution in [1.82, 2.24) is 0 Å². The van der Waals surface area contributed by atoms with Gasteiger partial charge in [0.1, 0.15) is 12.4 Å². The number of hydrogen-bond donors (Lipinski definition) is 0. The zero-order valence-corrected chi connectivity index (χ0v) is 9.26. The molecule has 14 heavy (non-hydrogen) atoms. The molecule has 74 valence electrons. The Kier molecular flexibility index (Phi) is 2.56. The molecule has 0 spiro atoms. The van der Waals surface area contributed by atoms with Crippen molar-refractivity contribution in [2.24, 2.45) is 0 Å². The van der Waals surface area contributed by atoms with Crippen molar-refractivity contribution in [3.8, 4) is 5.75 Å². The molecule has 0 aromatic heterocycles. The first kappa shape index (κ1) is 9.68. The van der Waals surface area contributed by atoms with E-state index in [9.17, 15) is 4.79 Å². The lowest BCUT2D eigenvalue weighted by Crippen LogP contribution is -2.18. The van der Waals surface area contributed by atoms with Crippen molar-refractivity contribution in [2.45, 2.75) is 6.61 Å². The molecule has 1 aliphatic heterocycles. The molecule has 0 fully saturated rings. The SMILES string of the molecule is COc1cc2c(cc1Br)C(=O)COC2. The third-order valence-corrected chi connectivity index (χ3v) is 2.79. The molecule has 4 heteroatoms. The molecule has 0 bridgehead atoms. The molecule has 0 atom stereocenters. The van der Waals surface area contributed by atoms with Crippen molar-refractivity contribution in [3.05, 3.63) is 27.7 Å². The second-order valence-corrected chi connectivity index (χ2v) is 3.91.